The number of ether oxygens (including phenoxy) is 1. The molecular weight excluding hydrogens is 232 g/mol. The number of nitrogens with zero attached hydrogens (tertiary/aromatic N) is 2. The van der Waals surface area contributed by atoms with Crippen molar-refractivity contribution in [2.24, 2.45) is 0 Å². The molecule has 1 amide bonds. The Hall–Kier alpha value is -2.37. The Balaban J connectivity index is 1.77. The lowest BCUT2D eigenvalue weighted by molar-refractivity contribution is 0.0920. The number of benzene rings is 1. The van der Waals surface area contributed by atoms with Crippen LogP contribution in [0.5, 0.6) is 5.75 Å². The van der Waals surface area contributed by atoms with E-state index in [1.54, 1.807) is 6.92 Å². The number of para-hydroxylation sites is 1. The molecule has 92 valence electrons. The number of amides is 1. The first-order valence-corrected chi connectivity index (χ1v) is 5.65. The van der Waals surface area contributed by atoms with Gasteiger partial charge < -0.3 is 10.1 Å². The van der Waals surface area contributed by atoms with E-state index in [1.807, 2.05) is 24.3 Å². The van der Waals surface area contributed by atoms with Crippen LogP contribution in [-0.2, 0) is 0 Å². The molecule has 0 saturated heterocycles. The molecule has 1 unspecified atom stereocenters. The zero-order chi connectivity index (χ0) is 12.5. The fraction of sp³-hybridized carbons (Fsp3) is 0.250. The summed E-state index contributed by atoms with van der Waals surface area (Å²) in [5.74, 6) is 1.28. The fourth-order valence-electron chi connectivity index (χ4n) is 1.95. The van der Waals surface area contributed by atoms with Crippen LogP contribution in [0.4, 0.5) is 0 Å². The van der Waals surface area contributed by atoms with E-state index in [0.29, 0.717) is 12.4 Å². The number of carbonyl (C=O) groups excluding carboxylic acids is 1. The maximum atomic E-state index is 11.9. The predicted octanol–water partition coefficient (Wildman–Crippen LogP) is 0.977. The second kappa shape index (κ2) is 4.14. The Bertz CT molecular complexity index is 593. The van der Waals surface area contributed by atoms with Crippen LogP contribution in [-0.4, -0.2) is 27.7 Å². The van der Waals surface area contributed by atoms with Crippen molar-refractivity contribution in [3.8, 4) is 5.75 Å². The Morgan fingerprint density at radius 2 is 2.33 bits per heavy atom. The number of hydrogen-bond donors (Lipinski definition) is 2. The van der Waals surface area contributed by atoms with Crippen molar-refractivity contribution in [2.45, 2.75) is 13.0 Å². The highest BCUT2D eigenvalue weighted by Crippen LogP contribution is 2.31. The highest BCUT2D eigenvalue weighted by atomic mass is 16.5. The highest BCUT2D eigenvalue weighted by molar-refractivity contribution is 5.90. The number of fused-ring (bicyclic) bond motifs is 1. The summed E-state index contributed by atoms with van der Waals surface area (Å²) in [5, 5.41) is 9.32. The summed E-state index contributed by atoms with van der Waals surface area (Å²) in [4.78, 5) is 15.9. The number of aromatic nitrogens is 3. The fourth-order valence-corrected chi connectivity index (χ4v) is 1.95. The number of hydrogen-bond acceptors (Lipinski definition) is 4. The standard InChI is InChI=1S/C12H12N4O2/c1-7-13-11(16-15-7)12(17)14-9-6-18-10-5-3-2-4-8(9)10/h2-5,9H,6H2,1H3,(H,14,17)(H,13,15,16). The first-order valence-electron chi connectivity index (χ1n) is 5.65. The second-order valence-corrected chi connectivity index (χ2v) is 4.12. The van der Waals surface area contributed by atoms with E-state index in [-0.39, 0.29) is 17.8 Å². The third kappa shape index (κ3) is 1.81. The highest BCUT2D eigenvalue weighted by Gasteiger charge is 2.26. The monoisotopic (exact) mass is 244 g/mol. The van der Waals surface area contributed by atoms with Gasteiger partial charge in [-0.05, 0) is 13.0 Å². The molecule has 0 saturated carbocycles. The third-order valence-corrected chi connectivity index (χ3v) is 2.81. The number of H-pyrrole nitrogens is 1. The first-order chi connectivity index (χ1) is 8.74. The molecule has 1 aliphatic rings. The maximum absolute atomic E-state index is 11.9. The molecule has 0 aliphatic carbocycles. The van der Waals surface area contributed by atoms with Crippen LogP contribution in [0.2, 0.25) is 0 Å². The molecule has 1 aliphatic heterocycles. The van der Waals surface area contributed by atoms with Gasteiger partial charge in [0.05, 0.1) is 6.04 Å². The van der Waals surface area contributed by atoms with Gasteiger partial charge in [0, 0.05) is 5.56 Å². The van der Waals surface area contributed by atoms with Crippen molar-refractivity contribution < 1.29 is 9.53 Å². The molecule has 1 atom stereocenters. The summed E-state index contributed by atoms with van der Waals surface area (Å²) < 4.78 is 5.49. The van der Waals surface area contributed by atoms with Crippen LogP contribution in [0.15, 0.2) is 24.3 Å². The van der Waals surface area contributed by atoms with E-state index < -0.39 is 0 Å². The smallest absolute Gasteiger partial charge is 0.291 e. The average molecular weight is 244 g/mol. The molecule has 1 aromatic carbocycles. The Kier molecular flexibility index (Phi) is 2.47. The molecule has 3 rings (SSSR count). The molecule has 2 N–H and O–H groups in total. The van der Waals surface area contributed by atoms with Gasteiger partial charge in [-0.1, -0.05) is 18.2 Å². The van der Waals surface area contributed by atoms with Crippen LogP contribution < -0.4 is 10.1 Å². The van der Waals surface area contributed by atoms with Gasteiger partial charge >= 0.3 is 0 Å². The Morgan fingerprint density at radius 3 is 3.11 bits per heavy atom. The zero-order valence-electron chi connectivity index (χ0n) is 9.80. The molecular formula is C12H12N4O2. The van der Waals surface area contributed by atoms with Gasteiger partial charge in [0.2, 0.25) is 5.82 Å². The summed E-state index contributed by atoms with van der Waals surface area (Å²) in [7, 11) is 0. The SMILES string of the molecule is Cc1nc(C(=O)NC2COc3ccccc32)n[nH]1. The molecule has 0 spiro atoms. The molecule has 1 aromatic heterocycles. The summed E-state index contributed by atoms with van der Waals surface area (Å²) in [6.45, 7) is 2.19. The average Bonchev–Trinajstić information content (AvgIpc) is 2.97. The molecule has 2 heterocycles. The summed E-state index contributed by atoms with van der Waals surface area (Å²) in [5.41, 5.74) is 0.984. The van der Waals surface area contributed by atoms with E-state index in [0.717, 1.165) is 11.3 Å². The van der Waals surface area contributed by atoms with E-state index in [9.17, 15) is 4.79 Å². The molecule has 18 heavy (non-hydrogen) atoms. The minimum Gasteiger partial charge on any atom is -0.491 e. The topological polar surface area (TPSA) is 79.9 Å². The van der Waals surface area contributed by atoms with Crippen LogP contribution in [0.1, 0.15) is 28.0 Å². The maximum Gasteiger partial charge on any atom is 0.291 e. The largest absolute Gasteiger partial charge is 0.491 e. The lowest BCUT2D eigenvalue weighted by Gasteiger charge is -2.09. The van der Waals surface area contributed by atoms with Gasteiger partial charge in [-0.15, -0.1) is 5.10 Å². The van der Waals surface area contributed by atoms with E-state index in [4.69, 9.17) is 4.74 Å². The van der Waals surface area contributed by atoms with E-state index in [1.165, 1.54) is 0 Å². The molecule has 0 bridgehead atoms. The number of nitrogens with one attached hydrogen (secondary N) is 2. The molecule has 0 radical (unpaired) electrons. The van der Waals surface area contributed by atoms with Crippen LogP contribution in [0, 0.1) is 6.92 Å². The predicted molar refractivity (Wildman–Crippen MR) is 63.3 cm³/mol. The van der Waals surface area contributed by atoms with Crippen molar-refractivity contribution in [1.29, 1.82) is 0 Å². The lowest BCUT2D eigenvalue weighted by atomic mass is 10.1. The van der Waals surface area contributed by atoms with E-state index >= 15 is 0 Å². The van der Waals surface area contributed by atoms with Crippen LogP contribution in [0.25, 0.3) is 0 Å². The van der Waals surface area contributed by atoms with Gasteiger partial charge in [-0.25, -0.2) is 4.98 Å². The van der Waals surface area contributed by atoms with E-state index in [2.05, 4.69) is 20.5 Å². The quantitative estimate of drug-likeness (QED) is 0.825. The van der Waals surface area contributed by atoms with Crippen molar-refractivity contribution >= 4 is 5.91 Å². The summed E-state index contributed by atoms with van der Waals surface area (Å²) in [6, 6.07) is 7.51. The first kappa shape index (κ1) is 10.8. The zero-order valence-corrected chi connectivity index (χ0v) is 9.80. The summed E-state index contributed by atoms with van der Waals surface area (Å²) in [6.07, 6.45) is 0. The number of aromatic amines is 1. The minimum atomic E-state index is -0.301. The minimum absolute atomic E-state index is 0.146. The van der Waals surface area contributed by atoms with Crippen molar-refractivity contribution in [1.82, 2.24) is 20.5 Å². The number of aryl methyl sites for hydroxylation is 1. The number of carbonyl (C=O) groups is 1. The second-order valence-electron chi connectivity index (χ2n) is 4.12. The van der Waals surface area contributed by atoms with Gasteiger partial charge in [-0.2, -0.15) is 0 Å². The van der Waals surface area contributed by atoms with Gasteiger partial charge in [0.1, 0.15) is 18.2 Å². The van der Waals surface area contributed by atoms with Gasteiger partial charge in [0.15, 0.2) is 0 Å². The van der Waals surface area contributed by atoms with Crippen molar-refractivity contribution in [2.75, 3.05) is 6.61 Å². The third-order valence-electron chi connectivity index (χ3n) is 2.81. The van der Waals surface area contributed by atoms with Gasteiger partial charge in [0.25, 0.3) is 5.91 Å². The molecule has 2 aromatic rings. The molecule has 6 heteroatoms. The lowest BCUT2D eigenvalue weighted by Crippen LogP contribution is -2.30. The number of rotatable bonds is 2. The Labute approximate surface area is 103 Å². The van der Waals surface area contributed by atoms with Crippen molar-refractivity contribution in [3.05, 3.63) is 41.5 Å². The summed E-state index contributed by atoms with van der Waals surface area (Å²) >= 11 is 0. The van der Waals surface area contributed by atoms with Gasteiger partial charge in [-0.3, -0.25) is 9.89 Å². The normalized spacial score (nSPS) is 17.1. The van der Waals surface area contributed by atoms with Crippen molar-refractivity contribution in [3.63, 3.8) is 0 Å². The Morgan fingerprint density at radius 1 is 1.50 bits per heavy atom. The molecule has 0 fully saturated rings. The van der Waals surface area contributed by atoms with Crippen LogP contribution in [0.3, 0.4) is 0 Å². The molecule has 6 nitrogen and oxygen atoms in total. The van der Waals surface area contributed by atoms with Crippen LogP contribution >= 0.6 is 0 Å².